The molecule has 0 bridgehead atoms. The molecule has 0 radical (unpaired) electrons. The van der Waals surface area contributed by atoms with Crippen molar-refractivity contribution < 1.29 is 48.6 Å². The lowest BCUT2D eigenvalue weighted by molar-refractivity contribution is -0.145. The molecule has 20 heteroatoms. The van der Waals surface area contributed by atoms with Crippen molar-refractivity contribution >= 4 is 75.6 Å². The third-order valence-corrected chi connectivity index (χ3v) is 17.1. The maximum atomic E-state index is 12.4. The van der Waals surface area contributed by atoms with E-state index in [1.54, 1.807) is 24.3 Å². The molecule has 1 aromatic heterocycles. The number of nitrogens with two attached hydrogens (primary N) is 1. The van der Waals surface area contributed by atoms with E-state index in [0.29, 0.717) is 35.7 Å². The summed E-state index contributed by atoms with van der Waals surface area (Å²) in [6, 6.07) is 53.2. The Morgan fingerprint density at radius 3 is 1.70 bits per heavy atom. The molecule has 1 fully saturated rings. The van der Waals surface area contributed by atoms with E-state index in [9.17, 15) is 38.4 Å². The minimum absolute atomic E-state index is 0.115. The van der Waals surface area contributed by atoms with Gasteiger partial charge in [0.05, 0.1) is 16.9 Å². The summed E-state index contributed by atoms with van der Waals surface area (Å²) in [6.45, 7) is 17.7. The molecule has 6 aromatic carbocycles. The number of hydrogen-bond donors (Lipinski definition) is 7. The number of carbonyl (C=O) groups excluding carboxylic acids is 5. The van der Waals surface area contributed by atoms with Crippen LogP contribution in [0.2, 0.25) is 0 Å². The van der Waals surface area contributed by atoms with Crippen molar-refractivity contribution in [3.63, 3.8) is 0 Å². The Bertz CT molecular complexity index is 3310. The molecular weight excluding hydrogens is 1190 g/mol. The fourth-order valence-electron chi connectivity index (χ4n) is 10.0. The number of phenols is 2. The second-order valence-corrected chi connectivity index (χ2v) is 25.3. The number of allylic oxidation sites excluding steroid dienone is 1. The molecule has 2 aliphatic heterocycles. The van der Waals surface area contributed by atoms with Crippen LogP contribution in [0.15, 0.2) is 205 Å². The van der Waals surface area contributed by atoms with Crippen LogP contribution in [0.1, 0.15) is 99.0 Å². The molecule has 0 spiro atoms. The highest BCUT2D eigenvalue weighted by molar-refractivity contribution is 7.99. The van der Waals surface area contributed by atoms with Gasteiger partial charge in [-0.15, -0.1) is 6.58 Å². The molecular formula is C71H88N8O10S2. The fraction of sp³-hybridized carbons (Fsp3) is 0.310. The smallest absolute Gasteiger partial charge is 0.337 e. The van der Waals surface area contributed by atoms with Crippen molar-refractivity contribution in [1.29, 1.82) is 0 Å². The summed E-state index contributed by atoms with van der Waals surface area (Å²) in [5.41, 5.74) is 10.6. The highest BCUT2D eigenvalue weighted by Gasteiger charge is 2.49. The molecule has 2 aliphatic rings. The maximum absolute atomic E-state index is 12.4. The number of hydrogen-bond acceptors (Lipinski definition) is 14. The van der Waals surface area contributed by atoms with Crippen LogP contribution in [0.5, 0.6) is 11.5 Å². The molecule has 0 aliphatic carbocycles. The first-order valence-corrected chi connectivity index (χ1v) is 32.0. The summed E-state index contributed by atoms with van der Waals surface area (Å²) < 4.78 is 12.4. The number of aromatic nitrogens is 1. The number of phenolic OH excluding ortho intramolecular Hbond substituents is 2. The number of primary amides is 1. The van der Waals surface area contributed by atoms with Crippen LogP contribution in [0.4, 0.5) is 21.9 Å². The predicted molar refractivity (Wildman–Crippen MR) is 365 cm³/mol. The number of aromatic hydroxyl groups is 2. The Balaban J connectivity index is 0.000000237. The molecule has 4 atom stereocenters. The van der Waals surface area contributed by atoms with E-state index in [1.807, 2.05) is 98.4 Å². The molecule has 2 unspecified atom stereocenters. The van der Waals surface area contributed by atoms with E-state index in [0.717, 1.165) is 30.6 Å². The molecule has 18 nitrogen and oxygen atoms in total. The average molecular weight is 1280 g/mol. The number of para-hydroxylation sites is 2. The first-order valence-electron chi connectivity index (χ1n) is 29.8. The van der Waals surface area contributed by atoms with Crippen LogP contribution in [-0.4, -0.2) is 123 Å². The Hall–Kier alpha value is -8.79. The second kappa shape index (κ2) is 38.0. The minimum Gasteiger partial charge on any atom is -0.615 e. The zero-order chi connectivity index (χ0) is 67.2. The van der Waals surface area contributed by atoms with Crippen LogP contribution in [0, 0.1) is 17.3 Å². The summed E-state index contributed by atoms with van der Waals surface area (Å²) >= 11 is 0.502. The lowest BCUT2D eigenvalue weighted by Crippen LogP contribution is -2.62. The monoisotopic (exact) mass is 1280 g/mol. The number of carboxylic acids is 1. The summed E-state index contributed by atoms with van der Waals surface area (Å²) in [6.07, 6.45) is 6.10. The van der Waals surface area contributed by atoms with Gasteiger partial charge in [-0.2, -0.15) is 0 Å². The van der Waals surface area contributed by atoms with E-state index in [1.165, 1.54) is 70.3 Å². The normalized spacial score (nSPS) is 13.9. The number of nitrogens with one attached hydrogen (secondary N) is 3. The largest absolute Gasteiger partial charge is 0.615 e. The van der Waals surface area contributed by atoms with E-state index in [2.05, 4.69) is 146 Å². The van der Waals surface area contributed by atoms with Gasteiger partial charge in [0.1, 0.15) is 16.9 Å². The quantitative estimate of drug-likeness (QED) is 0.0172. The van der Waals surface area contributed by atoms with E-state index < -0.39 is 46.3 Å². The number of nitrogens with zero attached hydrogens (tertiary/aromatic N) is 4. The third kappa shape index (κ3) is 24.5. The van der Waals surface area contributed by atoms with Crippen molar-refractivity contribution in [3.05, 3.63) is 217 Å². The number of amides is 6. The predicted octanol–water partition coefficient (Wildman–Crippen LogP) is 12.4. The molecule has 0 saturated carbocycles. The van der Waals surface area contributed by atoms with Crippen molar-refractivity contribution in [1.82, 2.24) is 25.4 Å². The number of pyridine rings is 1. The Morgan fingerprint density at radius 2 is 1.27 bits per heavy atom. The number of benzene rings is 6. The third-order valence-electron chi connectivity index (χ3n) is 14.4. The van der Waals surface area contributed by atoms with Gasteiger partial charge >= 0.3 is 12.0 Å². The fourth-order valence-corrected chi connectivity index (χ4v) is 12.5. The first-order chi connectivity index (χ1) is 43.3. The molecule has 3 heterocycles. The van der Waals surface area contributed by atoms with E-state index >= 15 is 0 Å². The van der Waals surface area contributed by atoms with Crippen molar-refractivity contribution in [2.45, 2.75) is 87.8 Å². The molecule has 91 heavy (non-hydrogen) atoms. The number of carbonyl (C=O) groups is 6. The van der Waals surface area contributed by atoms with Crippen LogP contribution in [0.25, 0.3) is 0 Å². The number of anilines is 3. The number of urea groups is 1. The van der Waals surface area contributed by atoms with Gasteiger partial charge in [-0.3, -0.25) is 34.8 Å². The van der Waals surface area contributed by atoms with Crippen LogP contribution >= 0.6 is 11.8 Å². The lowest BCUT2D eigenvalue weighted by Gasteiger charge is -2.36. The van der Waals surface area contributed by atoms with Crippen molar-refractivity contribution in [2.75, 3.05) is 57.2 Å². The Kier molecular flexibility index (Phi) is 31.2. The number of likely N-dealkylation sites (N-methyl/N-ethyl adjacent to an activating group) is 1. The Morgan fingerprint density at radius 1 is 0.747 bits per heavy atom. The first kappa shape index (κ1) is 74.7. The van der Waals surface area contributed by atoms with Gasteiger partial charge in [0.25, 0.3) is 5.91 Å². The number of fused-ring (bicyclic) bond motifs is 2. The van der Waals surface area contributed by atoms with E-state index in [4.69, 9.17) is 15.9 Å². The topological polar surface area (TPSA) is 271 Å². The van der Waals surface area contributed by atoms with Gasteiger partial charge in [-0.1, -0.05) is 143 Å². The van der Waals surface area contributed by atoms with Crippen molar-refractivity contribution in [2.24, 2.45) is 23.0 Å². The van der Waals surface area contributed by atoms with Gasteiger partial charge in [-0.25, -0.2) is 9.59 Å². The number of imide groups is 2. The SMILES string of the molecule is C=CCC1(CC(C)C)C(=O)NC(=O)NC1=O.CC(=O)Nc1ccc(O)cc1.CC(CN1c2ccccc2Sc2ccccc21)N(C)C.CC[C@@H](c1cccc(O)c1)[C@@H](C)CN(C)C.NC(=O)C[S+]([O-])C(c1ccccc1)c1ccccc1.O=C(O)c1cccnc1. The maximum Gasteiger partial charge on any atom is 0.337 e. The Labute approximate surface area is 543 Å². The molecule has 484 valence electrons. The highest BCUT2D eigenvalue weighted by atomic mass is 32.2. The van der Waals surface area contributed by atoms with Crippen LogP contribution in [-0.2, 0) is 30.4 Å². The number of rotatable bonds is 19. The van der Waals surface area contributed by atoms with E-state index in [-0.39, 0.29) is 40.6 Å². The number of carboxylic acid groups (broad SMARTS) is 1. The highest BCUT2D eigenvalue weighted by Crippen LogP contribution is 2.48. The summed E-state index contributed by atoms with van der Waals surface area (Å²) in [5, 5.41) is 33.3. The molecule has 7 aromatic rings. The zero-order valence-corrected chi connectivity index (χ0v) is 55.2. The van der Waals surface area contributed by atoms with Gasteiger partial charge in [0.15, 0.2) is 11.0 Å². The molecule has 6 amide bonds. The minimum atomic E-state index is -1.36. The zero-order valence-electron chi connectivity index (χ0n) is 53.6. The molecule has 8 N–H and O–H groups in total. The second-order valence-electron chi connectivity index (χ2n) is 22.7. The summed E-state index contributed by atoms with van der Waals surface area (Å²) in [5.74, 6) is -0.944. The summed E-state index contributed by atoms with van der Waals surface area (Å²) in [7, 11) is 8.49. The van der Waals surface area contributed by atoms with Gasteiger partial charge < -0.3 is 45.6 Å². The van der Waals surface area contributed by atoms with Crippen LogP contribution in [0.3, 0.4) is 0 Å². The lowest BCUT2D eigenvalue weighted by atomic mass is 9.74. The van der Waals surface area contributed by atoms with Gasteiger partial charge in [0.2, 0.25) is 17.7 Å². The number of aromatic carboxylic acids is 1. The molecule has 1 saturated heterocycles. The standard InChI is InChI=1S/C17H20N2S.C15H15NO2S.C14H23NO.C11H16N2O3.C8H9NO2.C6H5NO2/c1-13(18(2)3)12-19-14-8-4-6-10-16(14)20-17-11-7-5-9-15(17)19;16-14(17)11-19(18)15(12-7-3-1-4-8-12)13-9-5-2-6-10-13;1-5-14(11(2)10-15(3)4)12-7-6-8-13(16)9-12;1-4-5-11(6-7(2)3)8(14)12-10(16)13-9(11)15;1-6(10)9-7-2-4-8(11)5-3-7;8-6(9)5-2-1-3-7-4-5/h4-11,13H,12H2,1-3H3;1-10,15H,11H2,(H2,16,17);6-9,11,14,16H,5,10H2,1-4H3;4,7H,1,5-6H2,2-3H3,(H2,12,13,14,15,16);2-5,11H,1H3,(H,9,10);1-4H,(H,8,9)/t;;11-,14+;;;/m..0.../s1. The van der Waals surface area contributed by atoms with Crippen molar-refractivity contribution in [3.8, 4) is 11.5 Å². The van der Waals surface area contributed by atoms with Gasteiger partial charge in [-0.05, 0) is 162 Å². The summed E-state index contributed by atoms with van der Waals surface area (Å²) in [4.78, 5) is 79.6. The van der Waals surface area contributed by atoms with Gasteiger partial charge in [0, 0.05) is 65.1 Å². The molecule has 9 rings (SSSR count). The average Bonchev–Trinajstić information content (AvgIpc) is 0.824. The van der Waals surface area contributed by atoms with Crippen LogP contribution < -0.4 is 26.6 Å². The number of barbiturate groups is 1.